The third-order valence-corrected chi connectivity index (χ3v) is 2.43. The van der Waals surface area contributed by atoms with E-state index in [1.54, 1.807) is 0 Å². The number of aryl methyl sites for hydroxylation is 1. The first kappa shape index (κ1) is 7.73. The first-order valence-corrected chi connectivity index (χ1v) is 4.43. The molecule has 2 heterocycles. The van der Waals surface area contributed by atoms with Crippen molar-refractivity contribution in [1.82, 2.24) is 20.1 Å². The molecular weight excluding hydrogens is 152 g/mol. The quantitative estimate of drug-likeness (QED) is 0.687. The third-order valence-electron chi connectivity index (χ3n) is 2.43. The molecule has 1 aromatic heterocycles. The number of hydrogen-bond donors (Lipinski definition) is 1. The van der Waals surface area contributed by atoms with Gasteiger partial charge in [0.05, 0.1) is 0 Å². The average molecular weight is 166 g/mol. The van der Waals surface area contributed by atoms with Crippen molar-refractivity contribution in [2.45, 2.75) is 26.3 Å². The summed E-state index contributed by atoms with van der Waals surface area (Å²) in [6.45, 7) is 7.22. The lowest BCUT2D eigenvalue weighted by atomic mass is 10.0. The zero-order valence-corrected chi connectivity index (χ0v) is 7.54. The van der Waals surface area contributed by atoms with Crippen LogP contribution in [0.25, 0.3) is 0 Å². The molecule has 0 radical (unpaired) electrons. The monoisotopic (exact) mass is 166 g/mol. The third kappa shape index (κ3) is 1.03. The fourth-order valence-corrected chi connectivity index (χ4v) is 1.56. The highest BCUT2D eigenvalue weighted by atomic mass is 15.3. The predicted molar refractivity (Wildman–Crippen MR) is 46.0 cm³/mol. The van der Waals surface area contributed by atoms with Crippen LogP contribution in [0.15, 0.2) is 0 Å². The van der Waals surface area contributed by atoms with E-state index in [1.807, 2.05) is 6.92 Å². The van der Waals surface area contributed by atoms with Crippen molar-refractivity contribution in [3.63, 3.8) is 0 Å². The summed E-state index contributed by atoms with van der Waals surface area (Å²) in [4.78, 5) is 0. The van der Waals surface area contributed by atoms with E-state index in [-0.39, 0.29) is 0 Å². The smallest absolute Gasteiger partial charge is 0.138 e. The average Bonchev–Trinajstić information content (AvgIpc) is 2.29. The Bertz CT molecular complexity index is 275. The molecule has 66 valence electrons. The van der Waals surface area contributed by atoms with E-state index in [0.717, 1.165) is 31.3 Å². The normalized spacial score (nSPS) is 17.8. The summed E-state index contributed by atoms with van der Waals surface area (Å²) in [5.74, 6) is 2.76. The van der Waals surface area contributed by atoms with Gasteiger partial charge in [-0.15, -0.1) is 10.2 Å². The van der Waals surface area contributed by atoms with Gasteiger partial charge in [-0.1, -0.05) is 0 Å². The fourth-order valence-electron chi connectivity index (χ4n) is 1.56. The second-order valence-corrected chi connectivity index (χ2v) is 3.20. The van der Waals surface area contributed by atoms with Gasteiger partial charge in [0.1, 0.15) is 11.6 Å². The highest BCUT2D eigenvalue weighted by molar-refractivity contribution is 5.06. The molecule has 2 rings (SSSR count). The lowest BCUT2D eigenvalue weighted by molar-refractivity contribution is 0.414. The van der Waals surface area contributed by atoms with Crippen LogP contribution in [0.3, 0.4) is 0 Å². The van der Waals surface area contributed by atoms with Crippen LogP contribution in [-0.4, -0.2) is 27.9 Å². The molecule has 0 saturated carbocycles. The van der Waals surface area contributed by atoms with Crippen LogP contribution in [0.5, 0.6) is 0 Å². The summed E-state index contributed by atoms with van der Waals surface area (Å²) < 4.78 is 2.19. The number of nitrogens with one attached hydrogen (secondary N) is 1. The van der Waals surface area contributed by atoms with E-state index in [2.05, 4.69) is 27.0 Å². The van der Waals surface area contributed by atoms with Gasteiger partial charge in [0.2, 0.25) is 0 Å². The van der Waals surface area contributed by atoms with E-state index >= 15 is 0 Å². The zero-order valence-electron chi connectivity index (χ0n) is 7.54. The van der Waals surface area contributed by atoms with Gasteiger partial charge in [-0.3, -0.25) is 0 Å². The Morgan fingerprint density at radius 2 is 2.25 bits per heavy atom. The lowest BCUT2D eigenvalue weighted by Gasteiger charge is -2.26. The molecule has 1 fully saturated rings. The van der Waals surface area contributed by atoms with Crippen LogP contribution >= 0.6 is 0 Å². The van der Waals surface area contributed by atoms with Gasteiger partial charge < -0.3 is 9.88 Å². The van der Waals surface area contributed by atoms with Gasteiger partial charge in [-0.25, -0.2) is 0 Å². The summed E-state index contributed by atoms with van der Waals surface area (Å²) in [7, 11) is 0. The Hall–Kier alpha value is -0.900. The summed E-state index contributed by atoms with van der Waals surface area (Å²) >= 11 is 0. The maximum Gasteiger partial charge on any atom is 0.138 e. The van der Waals surface area contributed by atoms with Gasteiger partial charge >= 0.3 is 0 Å². The Morgan fingerprint density at radius 1 is 1.50 bits per heavy atom. The second kappa shape index (κ2) is 2.86. The van der Waals surface area contributed by atoms with Crippen molar-refractivity contribution < 1.29 is 0 Å². The minimum Gasteiger partial charge on any atom is -0.315 e. The molecule has 1 aliphatic rings. The van der Waals surface area contributed by atoms with E-state index in [1.165, 1.54) is 0 Å². The molecule has 0 aliphatic carbocycles. The maximum absolute atomic E-state index is 4.18. The molecule has 0 aromatic carbocycles. The van der Waals surface area contributed by atoms with Crippen LogP contribution in [0.1, 0.15) is 24.5 Å². The zero-order chi connectivity index (χ0) is 8.55. The predicted octanol–water partition coefficient (Wildman–Crippen LogP) is 0.293. The van der Waals surface area contributed by atoms with Crippen molar-refractivity contribution >= 4 is 0 Å². The van der Waals surface area contributed by atoms with Crippen molar-refractivity contribution in [3.05, 3.63) is 11.6 Å². The number of aromatic nitrogens is 3. The number of hydrogen-bond acceptors (Lipinski definition) is 3. The molecule has 0 amide bonds. The molecule has 4 nitrogen and oxygen atoms in total. The molecule has 1 N–H and O–H groups in total. The lowest BCUT2D eigenvalue weighted by Crippen LogP contribution is -2.41. The minimum absolute atomic E-state index is 0.589. The van der Waals surface area contributed by atoms with E-state index in [4.69, 9.17) is 0 Å². The second-order valence-electron chi connectivity index (χ2n) is 3.20. The Morgan fingerprint density at radius 3 is 2.75 bits per heavy atom. The van der Waals surface area contributed by atoms with E-state index in [0.29, 0.717) is 5.92 Å². The van der Waals surface area contributed by atoms with Crippen molar-refractivity contribution in [2.75, 3.05) is 13.1 Å². The molecular formula is C8H14N4. The molecule has 0 unspecified atom stereocenters. The standard InChI is InChI=1S/C8H14N4/c1-3-12-6(2)10-11-8(12)7-4-9-5-7/h7,9H,3-5H2,1-2H3. The molecule has 1 aliphatic heterocycles. The van der Waals surface area contributed by atoms with Crippen LogP contribution < -0.4 is 5.32 Å². The topological polar surface area (TPSA) is 42.7 Å². The summed E-state index contributed by atoms with van der Waals surface area (Å²) in [5.41, 5.74) is 0. The van der Waals surface area contributed by atoms with Crippen LogP contribution in [0, 0.1) is 6.92 Å². The SMILES string of the molecule is CCn1c(C)nnc1C1CNC1. The van der Waals surface area contributed by atoms with Crippen LogP contribution in [0.2, 0.25) is 0 Å². The molecule has 1 saturated heterocycles. The van der Waals surface area contributed by atoms with Gasteiger partial charge in [0, 0.05) is 25.6 Å². The van der Waals surface area contributed by atoms with Crippen LogP contribution in [0.4, 0.5) is 0 Å². The molecule has 4 heteroatoms. The molecule has 1 aromatic rings. The van der Waals surface area contributed by atoms with Gasteiger partial charge in [0.15, 0.2) is 0 Å². The van der Waals surface area contributed by atoms with Crippen molar-refractivity contribution in [2.24, 2.45) is 0 Å². The van der Waals surface area contributed by atoms with E-state index in [9.17, 15) is 0 Å². The van der Waals surface area contributed by atoms with Crippen molar-refractivity contribution in [1.29, 1.82) is 0 Å². The number of rotatable bonds is 2. The summed E-state index contributed by atoms with van der Waals surface area (Å²) in [6.07, 6.45) is 0. The largest absolute Gasteiger partial charge is 0.315 e. The summed E-state index contributed by atoms with van der Waals surface area (Å²) in [6, 6.07) is 0. The first-order chi connectivity index (χ1) is 5.83. The fraction of sp³-hybridized carbons (Fsp3) is 0.750. The maximum atomic E-state index is 4.18. The van der Waals surface area contributed by atoms with Crippen LogP contribution in [-0.2, 0) is 6.54 Å². The molecule has 0 bridgehead atoms. The minimum atomic E-state index is 0.589. The Balaban J connectivity index is 2.29. The molecule has 0 atom stereocenters. The number of nitrogens with zero attached hydrogens (tertiary/aromatic N) is 3. The highest BCUT2D eigenvalue weighted by Crippen LogP contribution is 2.18. The Kier molecular flexibility index (Phi) is 1.84. The molecule has 0 spiro atoms. The van der Waals surface area contributed by atoms with Gasteiger partial charge in [0.25, 0.3) is 0 Å². The Labute approximate surface area is 72.0 Å². The highest BCUT2D eigenvalue weighted by Gasteiger charge is 2.24. The van der Waals surface area contributed by atoms with Gasteiger partial charge in [-0.05, 0) is 13.8 Å². The van der Waals surface area contributed by atoms with E-state index < -0.39 is 0 Å². The summed E-state index contributed by atoms with van der Waals surface area (Å²) in [5, 5.41) is 11.5. The van der Waals surface area contributed by atoms with Crippen molar-refractivity contribution in [3.8, 4) is 0 Å². The molecule has 12 heavy (non-hydrogen) atoms. The van der Waals surface area contributed by atoms with Gasteiger partial charge in [-0.2, -0.15) is 0 Å². The first-order valence-electron chi connectivity index (χ1n) is 4.43.